The third-order valence-electron chi connectivity index (χ3n) is 2.45. The van der Waals surface area contributed by atoms with Crippen molar-refractivity contribution in [2.75, 3.05) is 25.4 Å². The average Bonchev–Trinajstić information content (AvgIpc) is 2.18. The molecule has 4 nitrogen and oxygen atoms in total. The minimum absolute atomic E-state index is 0.213. The van der Waals surface area contributed by atoms with E-state index in [2.05, 4.69) is 16.0 Å². The summed E-state index contributed by atoms with van der Waals surface area (Å²) >= 11 is 0. The first kappa shape index (κ1) is 12.5. The van der Waals surface area contributed by atoms with E-state index in [1.807, 2.05) is 0 Å². The molecule has 0 aromatic rings. The Morgan fingerprint density at radius 3 is 2.93 bits per heavy atom. The van der Waals surface area contributed by atoms with Crippen molar-refractivity contribution in [3.8, 4) is 12.3 Å². The van der Waals surface area contributed by atoms with Gasteiger partial charge in [0, 0.05) is 13.0 Å². The molecule has 5 heteroatoms. The highest BCUT2D eigenvalue weighted by molar-refractivity contribution is 7.89. The van der Waals surface area contributed by atoms with Gasteiger partial charge in [0.1, 0.15) is 0 Å². The predicted octanol–water partition coefficient (Wildman–Crippen LogP) is -0.0713. The van der Waals surface area contributed by atoms with Crippen LogP contribution >= 0.6 is 0 Å². The highest BCUT2D eigenvalue weighted by Crippen LogP contribution is 2.11. The predicted molar refractivity (Wildman–Crippen MR) is 60.8 cm³/mol. The van der Waals surface area contributed by atoms with Gasteiger partial charge in [0.2, 0.25) is 10.0 Å². The Balaban J connectivity index is 2.31. The summed E-state index contributed by atoms with van der Waals surface area (Å²) in [6.07, 6.45) is 7.54. The molecule has 2 N–H and O–H groups in total. The van der Waals surface area contributed by atoms with Crippen molar-refractivity contribution in [2.24, 2.45) is 5.92 Å². The van der Waals surface area contributed by atoms with Crippen molar-refractivity contribution in [3.05, 3.63) is 0 Å². The van der Waals surface area contributed by atoms with E-state index in [1.54, 1.807) is 0 Å². The van der Waals surface area contributed by atoms with Crippen molar-refractivity contribution in [1.29, 1.82) is 0 Å². The van der Waals surface area contributed by atoms with Crippen molar-refractivity contribution < 1.29 is 8.42 Å². The summed E-state index contributed by atoms with van der Waals surface area (Å²) in [6, 6.07) is 0. The Morgan fingerprint density at radius 2 is 2.33 bits per heavy atom. The van der Waals surface area contributed by atoms with E-state index < -0.39 is 10.0 Å². The van der Waals surface area contributed by atoms with Crippen LogP contribution in [0.3, 0.4) is 0 Å². The van der Waals surface area contributed by atoms with E-state index in [1.165, 1.54) is 0 Å². The van der Waals surface area contributed by atoms with E-state index >= 15 is 0 Å². The summed E-state index contributed by atoms with van der Waals surface area (Å²) in [5.74, 6) is 2.86. The van der Waals surface area contributed by atoms with Crippen LogP contribution in [0.15, 0.2) is 0 Å². The largest absolute Gasteiger partial charge is 0.316 e. The van der Waals surface area contributed by atoms with Crippen LogP contribution in [-0.4, -0.2) is 33.8 Å². The van der Waals surface area contributed by atoms with Crippen LogP contribution in [0, 0.1) is 18.3 Å². The molecule has 0 aliphatic carbocycles. The molecular weight excluding hydrogens is 212 g/mol. The number of piperidine rings is 1. The molecule has 1 fully saturated rings. The van der Waals surface area contributed by atoms with Gasteiger partial charge in [-0.3, -0.25) is 0 Å². The maximum atomic E-state index is 11.6. The molecule has 1 atom stereocenters. The average molecular weight is 230 g/mol. The molecule has 0 aromatic carbocycles. The van der Waals surface area contributed by atoms with E-state index in [9.17, 15) is 8.42 Å². The molecule has 15 heavy (non-hydrogen) atoms. The highest BCUT2D eigenvalue weighted by atomic mass is 32.2. The Kier molecular flexibility index (Phi) is 5.09. The Morgan fingerprint density at radius 1 is 1.53 bits per heavy atom. The normalized spacial score (nSPS) is 22.2. The molecule has 1 unspecified atom stereocenters. The fraction of sp³-hybridized carbons (Fsp3) is 0.800. The Bertz CT molecular complexity index is 313. The molecule has 1 rings (SSSR count). The summed E-state index contributed by atoms with van der Waals surface area (Å²) in [6.45, 7) is 2.15. The van der Waals surface area contributed by atoms with Crippen LogP contribution in [0.5, 0.6) is 0 Å². The second-order valence-electron chi connectivity index (χ2n) is 3.84. The maximum absolute atomic E-state index is 11.6. The lowest BCUT2D eigenvalue weighted by Crippen LogP contribution is -2.37. The second-order valence-corrected chi connectivity index (χ2v) is 5.69. The van der Waals surface area contributed by atoms with E-state index in [-0.39, 0.29) is 11.7 Å². The third kappa shape index (κ3) is 5.17. The van der Waals surface area contributed by atoms with Crippen LogP contribution in [0.1, 0.15) is 19.3 Å². The van der Waals surface area contributed by atoms with Crippen LogP contribution in [0.4, 0.5) is 0 Å². The summed E-state index contributed by atoms with van der Waals surface area (Å²) in [7, 11) is -3.14. The minimum Gasteiger partial charge on any atom is -0.316 e. The van der Waals surface area contributed by atoms with Gasteiger partial charge in [-0.1, -0.05) is 0 Å². The van der Waals surface area contributed by atoms with Gasteiger partial charge < -0.3 is 5.32 Å². The molecule has 1 aliphatic heterocycles. The first-order valence-electron chi connectivity index (χ1n) is 5.25. The van der Waals surface area contributed by atoms with Gasteiger partial charge in [-0.15, -0.1) is 12.3 Å². The third-order valence-corrected chi connectivity index (χ3v) is 4.00. The number of hydrogen-bond acceptors (Lipinski definition) is 3. The molecule has 0 spiro atoms. The molecule has 86 valence electrons. The van der Waals surface area contributed by atoms with Gasteiger partial charge in [0.15, 0.2) is 0 Å². The van der Waals surface area contributed by atoms with Crippen LogP contribution in [-0.2, 0) is 10.0 Å². The summed E-state index contributed by atoms with van der Waals surface area (Å²) in [5, 5.41) is 3.20. The lowest BCUT2D eigenvalue weighted by molar-refractivity contribution is 0.403. The number of sulfonamides is 1. The zero-order valence-electron chi connectivity index (χ0n) is 8.83. The summed E-state index contributed by atoms with van der Waals surface area (Å²) in [5.41, 5.74) is 0. The SMILES string of the molecule is C#CCCNS(=O)(=O)CC1CCCNC1. The van der Waals surface area contributed by atoms with Crippen LogP contribution in [0.2, 0.25) is 0 Å². The number of hydrogen-bond donors (Lipinski definition) is 2. The number of nitrogens with one attached hydrogen (secondary N) is 2. The molecule has 0 amide bonds. The Labute approximate surface area is 91.9 Å². The Hall–Kier alpha value is -0.570. The second kappa shape index (κ2) is 6.11. The maximum Gasteiger partial charge on any atom is 0.211 e. The number of terminal acetylenes is 1. The molecule has 0 bridgehead atoms. The lowest BCUT2D eigenvalue weighted by Gasteiger charge is -2.22. The number of rotatable bonds is 5. The summed E-state index contributed by atoms with van der Waals surface area (Å²) in [4.78, 5) is 0. The van der Waals surface area contributed by atoms with Crippen molar-refractivity contribution in [2.45, 2.75) is 19.3 Å². The lowest BCUT2D eigenvalue weighted by atomic mass is 10.0. The van der Waals surface area contributed by atoms with Gasteiger partial charge in [-0.25, -0.2) is 13.1 Å². The standard InChI is InChI=1S/C10H18N2O2S/c1-2-3-7-12-15(13,14)9-10-5-4-6-11-8-10/h1,10-12H,3-9H2. The van der Waals surface area contributed by atoms with Crippen molar-refractivity contribution >= 4 is 10.0 Å². The van der Waals surface area contributed by atoms with Crippen LogP contribution in [0.25, 0.3) is 0 Å². The van der Waals surface area contributed by atoms with Gasteiger partial charge in [0.05, 0.1) is 5.75 Å². The molecular formula is C10H18N2O2S. The fourth-order valence-corrected chi connectivity index (χ4v) is 3.15. The monoisotopic (exact) mass is 230 g/mol. The molecule has 0 aromatic heterocycles. The summed E-state index contributed by atoms with van der Waals surface area (Å²) < 4.78 is 25.6. The molecule has 0 radical (unpaired) electrons. The zero-order chi connectivity index (χ0) is 11.1. The topological polar surface area (TPSA) is 58.2 Å². The van der Waals surface area contributed by atoms with E-state index in [4.69, 9.17) is 6.42 Å². The van der Waals surface area contributed by atoms with Crippen molar-refractivity contribution in [1.82, 2.24) is 10.0 Å². The molecule has 1 aliphatic rings. The van der Waals surface area contributed by atoms with Crippen molar-refractivity contribution in [3.63, 3.8) is 0 Å². The van der Waals surface area contributed by atoms with E-state index in [0.717, 1.165) is 25.9 Å². The quantitative estimate of drug-likeness (QED) is 0.513. The molecule has 0 saturated carbocycles. The molecule has 1 saturated heterocycles. The smallest absolute Gasteiger partial charge is 0.211 e. The highest BCUT2D eigenvalue weighted by Gasteiger charge is 2.20. The minimum atomic E-state index is -3.14. The first-order valence-corrected chi connectivity index (χ1v) is 6.91. The zero-order valence-corrected chi connectivity index (χ0v) is 9.65. The van der Waals surface area contributed by atoms with E-state index in [0.29, 0.717) is 13.0 Å². The van der Waals surface area contributed by atoms with Gasteiger partial charge in [-0.2, -0.15) is 0 Å². The molecule has 1 heterocycles. The first-order chi connectivity index (χ1) is 7.14. The van der Waals surface area contributed by atoms with Crippen LogP contribution < -0.4 is 10.0 Å². The van der Waals surface area contributed by atoms with Gasteiger partial charge in [-0.05, 0) is 31.8 Å². The van der Waals surface area contributed by atoms with Gasteiger partial charge in [0.25, 0.3) is 0 Å². The fourth-order valence-electron chi connectivity index (χ4n) is 1.71. The van der Waals surface area contributed by atoms with Gasteiger partial charge >= 0.3 is 0 Å².